The van der Waals surface area contributed by atoms with Crippen LogP contribution in [0.3, 0.4) is 0 Å². The highest BCUT2D eigenvalue weighted by atomic mass is 79.9. The van der Waals surface area contributed by atoms with Crippen LogP contribution in [0.4, 0.5) is 0 Å². The lowest BCUT2D eigenvalue weighted by molar-refractivity contribution is 0.729. The number of hydrogen-bond acceptors (Lipinski definition) is 1. The molecule has 0 aliphatic carbocycles. The molecular formula is C9H11BrClN. The van der Waals surface area contributed by atoms with Gasteiger partial charge in [-0.15, -0.1) is 0 Å². The fraction of sp³-hybridized carbons (Fsp3) is 0.444. The summed E-state index contributed by atoms with van der Waals surface area (Å²) in [7, 11) is 0. The highest BCUT2D eigenvalue weighted by Gasteiger charge is 2.08. The average Bonchev–Trinajstić information content (AvgIpc) is 2.08. The monoisotopic (exact) mass is 247 g/mol. The molecule has 1 rings (SSSR count). The number of aromatic nitrogens is 1. The van der Waals surface area contributed by atoms with E-state index in [-0.39, 0.29) is 0 Å². The summed E-state index contributed by atoms with van der Waals surface area (Å²) in [6.07, 6.45) is 2.80. The fourth-order valence-electron chi connectivity index (χ4n) is 1.00. The summed E-state index contributed by atoms with van der Waals surface area (Å²) >= 11 is 9.31. The summed E-state index contributed by atoms with van der Waals surface area (Å²) < 4.78 is 0.988. The largest absolute Gasteiger partial charge is 0.243 e. The van der Waals surface area contributed by atoms with Crippen molar-refractivity contribution in [3.63, 3.8) is 0 Å². The number of hydrogen-bond donors (Lipinski definition) is 0. The first-order valence-corrected chi connectivity index (χ1v) is 5.13. The lowest BCUT2D eigenvalue weighted by atomic mass is 10.0. The van der Waals surface area contributed by atoms with E-state index in [0.717, 1.165) is 16.5 Å². The zero-order valence-electron chi connectivity index (χ0n) is 7.14. The van der Waals surface area contributed by atoms with E-state index < -0.39 is 0 Å². The van der Waals surface area contributed by atoms with Crippen LogP contribution in [0.5, 0.6) is 0 Å². The van der Waals surface area contributed by atoms with Crippen LogP contribution in [0.1, 0.15) is 31.7 Å². The average molecular weight is 249 g/mol. The van der Waals surface area contributed by atoms with Crippen LogP contribution in [0.25, 0.3) is 0 Å². The molecule has 0 radical (unpaired) electrons. The molecule has 0 saturated heterocycles. The minimum Gasteiger partial charge on any atom is -0.243 e. The Morgan fingerprint density at radius 1 is 1.67 bits per heavy atom. The van der Waals surface area contributed by atoms with Crippen molar-refractivity contribution in [1.82, 2.24) is 4.98 Å². The van der Waals surface area contributed by atoms with E-state index in [1.165, 1.54) is 0 Å². The van der Waals surface area contributed by atoms with Gasteiger partial charge in [-0.3, -0.25) is 0 Å². The summed E-state index contributed by atoms with van der Waals surface area (Å²) in [4.78, 5) is 4.07. The standard InChI is InChI=1S/C9H11BrClN/c1-3-6(2)8-4-7(10)5-12-9(8)11/h4-6H,3H2,1-2H3. The molecule has 1 aromatic rings. The molecule has 0 saturated carbocycles. The molecule has 1 heterocycles. The first-order valence-electron chi connectivity index (χ1n) is 3.96. The SMILES string of the molecule is CCC(C)c1cc(Br)cnc1Cl. The van der Waals surface area contributed by atoms with Gasteiger partial charge in [0.05, 0.1) is 0 Å². The van der Waals surface area contributed by atoms with E-state index in [9.17, 15) is 0 Å². The Morgan fingerprint density at radius 2 is 2.33 bits per heavy atom. The maximum absolute atomic E-state index is 5.94. The van der Waals surface area contributed by atoms with Gasteiger partial charge in [0.2, 0.25) is 0 Å². The third-order valence-electron chi connectivity index (χ3n) is 1.98. The molecule has 1 unspecified atom stereocenters. The lowest BCUT2D eigenvalue weighted by Gasteiger charge is -2.10. The molecule has 0 amide bonds. The van der Waals surface area contributed by atoms with Crippen LogP contribution >= 0.6 is 27.5 Å². The molecule has 0 spiro atoms. The molecule has 1 aromatic heterocycles. The zero-order valence-corrected chi connectivity index (χ0v) is 9.48. The molecule has 12 heavy (non-hydrogen) atoms. The highest BCUT2D eigenvalue weighted by Crippen LogP contribution is 2.27. The van der Waals surface area contributed by atoms with E-state index >= 15 is 0 Å². The van der Waals surface area contributed by atoms with Gasteiger partial charge in [-0.05, 0) is 39.9 Å². The summed E-state index contributed by atoms with van der Waals surface area (Å²) in [5.41, 5.74) is 1.12. The minimum absolute atomic E-state index is 0.475. The first kappa shape index (κ1) is 10.0. The van der Waals surface area contributed by atoms with Crippen molar-refractivity contribution in [1.29, 1.82) is 0 Å². The molecule has 1 atom stereocenters. The maximum Gasteiger partial charge on any atom is 0.132 e. The second-order valence-electron chi connectivity index (χ2n) is 2.84. The Hall–Kier alpha value is -0.0800. The summed E-state index contributed by atoms with van der Waals surface area (Å²) in [5.74, 6) is 0.475. The van der Waals surface area contributed by atoms with Crippen LogP contribution < -0.4 is 0 Å². The van der Waals surface area contributed by atoms with Crippen LogP contribution in [-0.4, -0.2) is 4.98 Å². The van der Waals surface area contributed by atoms with Crippen molar-refractivity contribution < 1.29 is 0 Å². The van der Waals surface area contributed by atoms with E-state index in [2.05, 4.69) is 34.8 Å². The zero-order chi connectivity index (χ0) is 9.14. The Labute approximate surface area is 86.3 Å². The Balaban J connectivity index is 3.04. The van der Waals surface area contributed by atoms with Crippen LogP contribution in [0.2, 0.25) is 5.15 Å². The van der Waals surface area contributed by atoms with Crippen LogP contribution in [0.15, 0.2) is 16.7 Å². The van der Waals surface area contributed by atoms with Gasteiger partial charge in [-0.25, -0.2) is 4.98 Å². The van der Waals surface area contributed by atoms with Crippen molar-refractivity contribution in [3.05, 3.63) is 27.5 Å². The molecule has 3 heteroatoms. The number of pyridine rings is 1. The highest BCUT2D eigenvalue weighted by molar-refractivity contribution is 9.10. The van der Waals surface area contributed by atoms with E-state index in [1.807, 2.05) is 6.07 Å². The molecule has 0 aliphatic heterocycles. The number of halogens is 2. The van der Waals surface area contributed by atoms with Gasteiger partial charge in [0.1, 0.15) is 5.15 Å². The van der Waals surface area contributed by atoms with Gasteiger partial charge in [0, 0.05) is 10.7 Å². The van der Waals surface area contributed by atoms with Gasteiger partial charge < -0.3 is 0 Å². The number of rotatable bonds is 2. The summed E-state index contributed by atoms with van der Waals surface area (Å²) in [6, 6.07) is 2.03. The Kier molecular flexibility index (Phi) is 3.53. The second-order valence-corrected chi connectivity index (χ2v) is 4.12. The van der Waals surface area contributed by atoms with E-state index in [4.69, 9.17) is 11.6 Å². The third-order valence-corrected chi connectivity index (χ3v) is 2.73. The predicted molar refractivity (Wildman–Crippen MR) is 55.7 cm³/mol. The summed E-state index contributed by atoms with van der Waals surface area (Å²) in [5, 5.41) is 0.618. The molecule has 0 aliphatic rings. The van der Waals surface area contributed by atoms with Crippen LogP contribution in [-0.2, 0) is 0 Å². The predicted octanol–water partition coefficient (Wildman–Crippen LogP) is 4.01. The van der Waals surface area contributed by atoms with Crippen molar-refractivity contribution in [2.24, 2.45) is 0 Å². The molecule has 1 nitrogen and oxygen atoms in total. The summed E-state index contributed by atoms with van der Waals surface area (Å²) in [6.45, 7) is 4.29. The first-order chi connectivity index (χ1) is 5.65. The molecule has 0 bridgehead atoms. The van der Waals surface area contributed by atoms with E-state index in [1.54, 1.807) is 6.20 Å². The van der Waals surface area contributed by atoms with Crippen molar-refractivity contribution in [2.45, 2.75) is 26.2 Å². The van der Waals surface area contributed by atoms with Crippen molar-refractivity contribution in [2.75, 3.05) is 0 Å². The molecule has 66 valence electrons. The normalized spacial score (nSPS) is 13.0. The van der Waals surface area contributed by atoms with Crippen LogP contribution in [0, 0.1) is 0 Å². The third kappa shape index (κ3) is 2.20. The second kappa shape index (κ2) is 4.24. The van der Waals surface area contributed by atoms with Gasteiger partial charge in [-0.2, -0.15) is 0 Å². The minimum atomic E-state index is 0.475. The number of nitrogens with zero attached hydrogens (tertiary/aromatic N) is 1. The lowest BCUT2D eigenvalue weighted by Crippen LogP contribution is -1.94. The maximum atomic E-state index is 5.94. The fourth-order valence-corrected chi connectivity index (χ4v) is 1.64. The van der Waals surface area contributed by atoms with E-state index in [0.29, 0.717) is 11.1 Å². The molecule has 0 aromatic carbocycles. The van der Waals surface area contributed by atoms with Gasteiger partial charge in [0.25, 0.3) is 0 Å². The van der Waals surface area contributed by atoms with Gasteiger partial charge in [-0.1, -0.05) is 25.4 Å². The van der Waals surface area contributed by atoms with Crippen molar-refractivity contribution >= 4 is 27.5 Å². The molecular weight excluding hydrogens is 237 g/mol. The van der Waals surface area contributed by atoms with Gasteiger partial charge >= 0.3 is 0 Å². The quantitative estimate of drug-likeness (QED) is 0.721. The topological polar surface area (TPSA) is 12.9 Å². The van der Waals surface area contributed by atoms with Gasteiger partial charge in [0.15, 0.2) is 0 Å². The molecule has 0 N–H and O–H groups in total. The Bertz CT molecular complexity index is 275. The molecule has 0 fully saturated rings. The smallest absolute Gasteiger partial charge is 0.132 e. The Morgan fingerprint density at radius 3 is 2.92 bits per heavy atom. The van der Waals surface area contributed by atoms with Crippen molar-refractivity contribution in [3.8, 4) is 0 Å².